The van der Waals surface area contributed by atoms with E-state index < -0.39 is 16.9 Å². The number of carbonyl (C=O) groups is 2. The summed E-state index contributed by atoms with van der Waals surface area (Å²) >= 11 is 1.32. The largest absolute Gasteiger partial charge is 0.458 e. The van der Waals surface area contributed by atoms with E-state index >= 15 is 0 Å². The van der Waals surface area contributed by atoms with Crippen LogP contribution in [-0.2, 0) is 20.9 Å². The number of fused-ring (bicyclic) bond motifs is 1. The minimum Gasteiger partial charge on any atom is -0.458 e. The Morgan fingerprint density at radius 1 is 1.31 bits per heavy atom. The molecule has 10 nitrogen and oxygen atoms in total. The summed E-state index contributed by atoms with van der Waals surface area (Å²) in [5, 5.41) is 16.7. The number of ether oxygens (including phenoxy) is 1. The number of pyridine rings is 1. The highest BCUT2D eigenvalue weighted by Crippen LogP contribution is 2.45. The van der Waals surface area contributed by atoms with Crippen LogP contribution in [0.5, 0.6) is 0 Å². The van der Waals surface area contributed by atoms with Gasteiger partial charge in [-0.25, -0.2) is 9.79 Å². The van der Waals surface area contributed by atoms with Gasteiger partial charge >= 0.3 is 5.97 Å². The summed E-state index contributed by atoms with van der Waals surface area (Å²) in [6.07, 6.45) is 4.78. The molecule has 1 amide bonds. The van der Waals surface area contributed by atoms with Crippen LogP contribution in [0, 0.1) is 10.1 Å². The smallest absolute Gasteiger partial charge is 0.338 e. The Balaban J connectivity index is 1.65. The zero-order valence-corrected chi connectivity index (χ0v) is 20.2. The molecule has 0 saturated carbocycles. The molecule has 2 aromatic rings. The summed E-state index contributed by atoms with van der Waals surface area (Å²) in [5.41, 5.74) is 2.60. The van der Waals surface area contributed by atoms with Gasteiger partial charge in [-0.2, -0.15) is 0 Å². The summed E-state index contributed by atoms with van der Waals surface area (Å²) in [4.78, 5) is 47.2. The van der Waals surface area contributed by atoms with Gasteiger partial charge in [-0.05, 0) is 35.6 Å². The highest BCUT2D eigenvalue weighted by molar-refractivity contribution is 8.16. The third-order valence-corrected chi connectivity index (χ3v) is 6.42. The van der Waals surface area contributed by atoms with Gasteiger partial charge in [0.25, 0.3) is 5.69 Å². The third-order valence-electron chi connectivity index (χ3n) is 5.53. The number of amides is 1. The average molecular weight is 506 g/mol. The summed E-state index contributed by atoms with van der Waals surface area (Å²) in [6.45, 7) is 5.61. The lowest BCUT2D eigenvalue weighted by Gasteiger charge is -2.36. The molecule has 3 heterocycles. The number of aromatic nitrogens is 1. The van der Waals surface area contributed by atoms with E-state index in [9.17, 15) is 19.7 Å². The lowest BCUT2D eigenvalue weighted by molar-refractivity contribution is -0.384. The fraction of sp³-hybridized carbons (Fsp3) is 0.200. The van der Waals surface area contributed by atoms with E-state index in [1.54, 1.807) is 41.8 Å². The number of carbonyl (C=O) groups excluding carboxylic acids is 2. The van der Waals surface area contributed by atoms with Gasteiger partial charge in [0.05, 0.1) is 28.7 Å². The second-order valence-electron chi connectivity index (χ2n) is 7.94. The normalized spacial score (nSPS) is 16.6. The Bertz CT molecular complexity index is 1300. The van der Waals surface area contributed by atoms with Crippen LogP contribution >= 0.6 is 11.8 Å². The molecule has 1 atom stereocenters. The van der Waals surface area contributed by atoms with Crippen LogP contribution in [0.25, 0.3) is 0 Å². The van der Waals surface area contributed by atoms with E-state index in [1.165, 1.54) is 30.0 Å². The summed E-state index contributed by atoms with van der Waals surface area (Å²) in [7, 11) is 0. The Labute approximate surface area is 211 Å². The summed E-state index contributed by atoms with van der Waals surface area (Å²) < 4.78 is 5.33. The monoisotopic (exact) mass is 505 g/mol. The van der Waals surface area contributed by atoms with E-state index in [2.05, 4.69) is 21.9 Å². The molecular formula is C25H23N5O5S. The molecule has 0 spiro atoms. The van der Waals surface area contributed by atoms with Crippen LogP contribution in [0.15, 0.2) is 88.8 Å². The molecule has 0 saturated heterocycles. The van der Waals surface area contributed by atoms with E-state index in [1.807, 2.05) is 12.1 Å². The third kappa shape index (κ3) is 5.36. The number of non-ortho nitro benzene ring substituents is 1. The van der Waals surface area contributed by atoms with Crippen molar-refractivity contribution < 1.29 is 19.2 Å². The van der Waals surface area contributed by atoms with Crippen molar-refractivity contribution in [2.24, 2.45) is 4.99 Å². The second-order valence-corrected chi connectivity index (χ2v) is 8.78. The van der Waals surface area contributed by atoms with E-state index in [0.29, 0.717) is 28.7 Å². The SMILES string of the molecule is C=CCOC(=O)C1=C(C)N=C2SC=C(CC(=O)NCc3ccncc3)N2C1c1cccc([N+](=O)[O-])c1. The molecule has 36 heavy (non-hydrogen) atoms. The molecule has 1 unspecified atom stereocenters. The molecule has 2 aliphatic heterocycles. The fourth-order valence-electron chi connectivity index (χ4n) is 3.90. The standard InChI is InChI=1S/C25H23N5O5S/c1-3-11-35-24(32)22-16(2)28-25-29(23(22)18-5-4-6-19(12-18)30(33)34)20(15-36-25)13-21(31)27-14-17-7-9-26-10-8-17/h3-10,12,15,23H,1,11,13-14H2,2H3,(H,27,31). The number of thioether (sulfide) groups is 1. The zero-order valence-electron chi connectivity index (χ0n) is 19.4. The first-order chi connectivity index (χ1) is 17.4. The van der Waals surface area contributed by atoms with Gasteiger partial charge in [-0.1, -0.05) is 36.5 Å². The number of hydrogen-bond donors (Lipinski definition) is 1. The number of aliphatic imine (C=N–C) groups is 1. The molecule has 2 aliphatic rings. The average Bonchev–Trinajstić information content (AvgIpc) is 3.27. The molecule has 1 aromatic carbocycles. The lowest BCUT2D eigenvalue weighted by atomic mass is 9.93. The number of esters is 1. The van der Waals surface area contributed by atoms with E-state index in [0.717, 1.165) is 5.56 Å². The van der Waals surface area contributed by atoms with Crippen molar-refractivity contribution in [1.82, 2.24) is 15.2 Å². The van der Waals surface area contributed by atoms with Crippen LogP contribution in [0.3, 0.4) is 0 Å². The van der Waals surface area contributed by atoms with Gasteiger partial charge in [-0.3, -0.25) is 19.9 Å². The molecule has 4 rings (SSSR count). The Morgan fingerprint density at radius 2 is 2.08 bits per heavy atom. The highest BCUT2D eigenvalue weighted by Gasteiger charge is 2.41. The molecule has 0 radical (unpaired) electrons. The molecular weight excluding hydrogens is 482 g/mol. The van der Waals surface area contributed by atoms with Crippen LogP contribution in [-0.4, -0.2) is 38.5 Å². The van der Waals surface area contributed by atoms with Gasteiger partial charge < -0.3 is 15.0 Å². The fourth-order valence-corrected chi connectivity index (χ4v) is 4.86. The minimum atomic E-state index is -0.760. The number of amidine groups is 1. The predicted octanol–water partition coefficient (Wildman–Crippen LogP) is 4.00. The number of hydrogen-bond acceptors (Lipinski definition) is 9. The Morgan fingerprint density at radius 3 is 2.81 bits per heavy atom. The maximum absolute atomic E-state index is 13.1. The number of allylic oxidation sites excluding steroid dienone is 1. The zero-order chi connectivity index (χ0) is 25.7. The minimum absolute atomic E-state index is 0.00268. The first-order valence-electron chi connectivity index (χ1n) is 11.0. The van der Waals surface area contributed by atoms with Gasteiger partial charge in [0.15, 0.2) is 5.17 Å². The molecule has 11 heteroatoms. The Kier molecular flexibility index (Phi) is 7.59. The quantitative estimate of drug-likeness (QED) is 0.234. The molecule has 1 aromatic heterocycles. The lowest BCUT2D eigenvalue weighted by Crippen LogP contribution is -2.38. The number of benzene rings is 1. The van der Waals surface area contributed by atoms with Crippen molar-refractivity contribution in [2.45, 2.75) is 25.9 Å². The van der Waals surface area contributed by atoms with Crippen molar-refractivity contribution in [2.75, 3.05) is 6.61 Å². The van der Waals surface area contributed by atoms with Crippen molar-refractivity contribution >= 4 is 34.5 Å². The molecule has 0 fully saturated rings. The van der Waals surface area contributed by atoms with E-state index in [4.69, 9.17) is 4.74 Å². The molecule has 184 valence electrons. The molecule has 0 bridgehead atoms. The summed E-state index contributed by atoms with van der Waals surface area (Å²) in [5.74, 6) is -0.829. The van der Waals surface area contributed by atoms with Gasteiger partial charge in [0.1, 0.15) is 6.61 Å². The number of nitrogens with one attached hydrogen (secondary N) is 1. The summed E-state index contributed by atoms with van der Waals surface area (Å²) in [6, 6.07) is 8.94. The van der Waals surface area contributed by atoms with Crippen LogP contribution in [0.2, 0.25) is 0 Å². The second kappa shape index (κ2) is 11.0. The van der Waals surface area contributed by atoms with E-state index in [-0.39, 0.29) is 30.2 Å². The van der Waals surface area contributed by atoms with Crippen LogP contribution in [0.4, 0.5) is 5.69 Å². The van der Waals surface area contributed by atoms with Gasteiger partial charge in [-0.15, -0.1) is 0 Å². The molecule has 1 N–H and O–H groups in total. The maximum atomic E-state index is 13.1. The van der Waals surface area contributed by atoms with Crippen molar-refractivity contribution in [3.05, 3.63) is 105 Å². The number of nitrogens with zero attached hydrogens (tertiary/aromatic N) is 4. The maximum Gasteiger partial charge on any atom is 0.338 e. The van der Waals surface area contributed by atoms with Gasteiger partial charge in [0, 0.05) is 36.8 Å². The van der Waals surface area contributed by atoms with Crippen molar-refractivity contribution in [3.63, 3.8) is 0 Å². The number of nitro benzene ring substituents is 1. The number of rotatable bonds is 9. The highest BCUT2D eigenvalue weighted by atomic mass is 32.2. The first-order valence-corrected chi connectivity index (χ1v) is 11.9. The van der Waals surface area contributed by atoms with Crippen molar-refractivity contribution in [3.8, 4) is 0 Å². The van der Waals surface area contributed by atoms with Crippen LogP contribution < -0.4 is 5.32 Å². The molecule has 0 aliphatic carbocycles. The predicted molar refractivity (Wildman–Crippen MR) is 135 cm³/mol. The first kappa shape index (κ1) is 24.9. The van der Waals surface area contributed by atoms with Crippen LogP contribution in [0.1, 0.15) is 30.5 Å². The van der Waals surface area contributed by atoms with Crippen molar-refractivity contribution in [1.29, 1.82) is 0 Å². The number of nitro groups is 1. The van der Waals surface area contributed by atoms with Gasteiger partial charge in [0.2, 0.25) is 5.91 Å². The Hall–Kier alpha value is -4.25. The topological polar surface area (TPSA) is 127 Å².